The predicted octanol–water partition coefficient (Wildman–Crippen LogP) is 3.90. The number of hydrogen-bond acceptors (Lipinski definition) is 3. The van der Waals surface area contributed by atoms with Crippen molar-refractivity contribution in [2.75, 3.05) is 14.1 Å². The first-order chi connectivity index (χ1) is 10.9. The van der Waals surface area contributed by atoms with E-state index in [0.29, 0.717) is 19.3 Å². The molecule has 0 atom stereocenters. The van der Waals surface area contributed by atoms with Crippen LogP contribution in [-0.2, 0) is 14.4 Å². The SMILES string of the molecule is CN(C)C(=O)C(C)(C)CCCCC(=O)CCCCC(C)(C)C(=O)O. The Labute approximate surface area is 146 Å². The molecule has 140 valence electrons. The monoisotopic (exact) mass is 341 g/mol. The molecular weight excluding hydrogens is 306 g/mol. The lowest BCUT2D eigenvalue weighted by atomic mass is 9.85. The molecule has 0 heterocycles. The zero-order chi connectivity index (χ0) is 19.0. The van der Waals surface area contributed by atoms with Gasteiger partial charge in [-0.1, -0.05) is 26.7 Å². The molecule has 0 aromatic rings. The Hall–Kier alpha value is -1.39. The molecule has 1 amide bonds. The van der Waals surface area contributed by atoms with E-state index in [1.807, 2.05) is 13.8 Å². The van der Waals surface area contributed by atoms with Crippen molar-refractivity contribution < 1.29 is 19.5 Å². The first-order valence-corrected chi connectivity index (χ1v) is 8.87. The van der Waals surface area contributed by atoms with Crippen LogP contribution in [0.25, 0.3) is 0 Å². The van der Waals surface area contributed by atoms with Crippen molar-refractivity contribution >= 4 is 17.7 Å². The molecule has 0 aliphatic rings. The van der Waals surface area contributed by atoms with E-state index in [4.69, 9.17) is 5.11 Å². The molecule has 0 aliphatic carbocycles. The predicted molar refractivity (Wildman–Crippen MR) is 95.8 cm³/mol. The van der Waals surface area contributed by atoms with Crippen LogP contribution >= 0.6 is 0 Å². The van der Waals surface area contributed by atoms with Crippen LogP contribution in [0.5, 0.6) is 0 Å². The highest BCUT2D eigenvalue weighted by Gasteiger charge is 2.28. The molecule has 0 rings (SSSR count). The van der Waals surface area contributed by atoms with E-state index in [1.54, 1.807) is 32.8 Å². The number of nitrogens with zero attached hydrogens (tertiary/aromatic N) is 1. The van der Waals surface area contributed by atoms with E-state index >= 15 is 0 Å². The highest BCUT2D eigenvalue weighted by atomic mass is 16.4. The Morgan fingerprint density at radius 1 is 0.792 bits per heavy atom. The minimum Gasteiger partial charge on any atom is -0.481 e. The van der Waals surface area contributed by atoms with Gasteiger partial charge in [0.2, 0.25) is 5.91 Å². The quantitative estimate of drug-likeness (QED) is 0.546. The lowest BCUT2D eigenvalue weighted by Crippen LogP contribution is -2.35. The molecule has 0 saturated carbocycles. The summed E-state index contributed by atoms with van der Waals surface area (Å²) in [5.74, 6) is -0.432. The zero-order valence-electron chi connectivity index (χ0n) is 16.3. The first kappa shape index (κ1) is 22.6. The highest BCUT2D eigenvalue weighted by molar-refractivity contribution is 5.81. The van der Waals surface area contributed by atoms with Gasteiger partial charge in [0.25, 0.3) is 0 Å². The minimum absolute atomic E-state index is 0.120. The van der Waals surface area contributed by atoms with Gasteiger partial charge in [0, 0.05) is 32.4 Å². The van der Waals surface area contributed by atoms with Gasteiger partial charge in [-0.3, -0.25) is 14.4 Å². The van der Waals surface area contributed by atoms with Crippen LogP contribution in [0.15, 0.2) is 0 Å². The molecule has 0 aromatic carbocycles. The number of Topliss-reactive ketones (excluding diaryl/α,β-unsaturated/α-hetero) is 1. The second-order valence-electron chi connectivity index (χ2n) is 8.23. The number of rotatable bonds is 12. The van der Waals surface area contributed by atoms with Gasteiger partial charge in [0.05, 0.1) is 5.41 Å². The second kappa shape index (κ2) is 9.80. The van der Waals surface area contributed by atoms with Crippen molar-refractivity contribution in [3.8, 4) is 0 Å². The molecule has 0 aromatic heterocycles. The fourth-order valence-corrected chi connectivity index (χ4v) is 2.72. The Bertz CT molecular complexity index is 439. The van der Waals surface area contributed by atoms with Gasteiger partial charge in [0.15, 0.2) is 0 Å². The Kier molecular flexibility index (Phi) is 9.23. The summed E-state index contributed by atoms with van der Waals surface area (Å²) in [6.07, 6.45) is 5.63. The smallest absolute Gasteiger partial charge is 0.309 e. The second-order valence-corrected chi connectivity index (χ2v) is 8.23. The maximum Gasteiger partial charge on any atom is 0.309 e. The third-order valence-corrected chi connectivity index (χ3v) is 4.58. The summed E-state index contributed by atoms with van der Waals surface area (Å²) in [6, 6.07) is 0. The molecule has 0 radical (unpaired) electrons. The summed E-state index contributed by atoms with van der Waals surface area (Å²) in [5, 5.41) is 9.04. The number of amides is 1. The minimum atomic E-state index is -0.788. The lowest BCUT2D eigenvalue weighted by Gasteiger charge is -2.26. The number of carbonyl (C=O) groups excluding carboxylic acids is 2. The van der Waals surface area contributed by atoms with Gasteiger partial charge in [-0.2, -0.15) is 0 Å². The fraction of sp³-hybridized carbons (Fsp3) is 0.842. The average molecular weight is 341 g/mol. The van der Waals surface area contributed by atoms with Crippen LogP contribution in [0.4, 0.5) is 0 Å². The summed E-state index contributed by atoms with van der Waals surface area (Å²) in [7, 11) is 3.53. The van der Waals surface area contributed by atoms with E-state index in [-0.39, 0.29) is 17.1 Å². The van der Waals surface area contributed by atoms with E-state index in [9.17, 15) is 14.4 Å². The first-order valence-electron chi connectivity index (χ1n) is 8.87. The number of hydrogen-bond donors (Lipinski definition) is 1. The van der Waals surface area contributed by atoms with Crippen LogP contribution in [0.3, 0.4) is 0 Å². The van der Waals surface area contributed by atoms with Crippen molar-refractivity contribution in [1.82, 2.24) is 4.90 Å². The molecule has 0 unspecified atom stereocenters. The lowest BCUT2D eigenvalue weighted by molar-refractivity contribution is -0.147. The summed E-state index contributed by atoms with van der Waals surface area (Å²) < 4.78 is 0. The molecule has 0 saturated heterocycles. The van der Waals surface area contributed by atoms with Crippen LogP contribution in [0.1, 0.15) is 79.1 Å². The van der Waals surface area contributed by atoms with E-state index in [1.165, 1.54) is 0 Å². The maximum atomic E-state index is 12.0. The standard InChI is InChI=1S/C19H35NO4/c1-18(2,16(22)20(5)6)13-9-7-11-15(21)12-8-10-14-19(3,4)17(23)24/h7-14H2,1-6H3,(H,23,24). The molecular formula is C19H35NO4. The van der Waals surface area contributed by atoms with Gasteiger partial charge < -0.3 is 10.0 Å². The van der Waals surface area contributed by atoms with E-state index in [0.717, 1.165) is 32.1 Å². The number of ketones is 1. The summed E-state index contributed by atoms with van der Waals surface area (Å²) in [4.78, 5) is 36.5. The molecule has 0 spiro atoms. The van der Waals surface area contributed by atoms with Gasteiger partial charge in [-0.25, -0.2) is 0 Å². The Morgan fingerprint density at radius 2 is 1.21 bits per heavy atom. The van der Waals surface area contributed by atoms with Gasteiger partial charge in [0.1, 0.15) is 5.78 Å². The summed E-state index contributed by atoms with van der Waals surface area (Å²) in [5.41, 5.74) is -1.09. The molecule has 0 fully saturated rings. The highest BCUT2D eigenvalue weighted by Crippen LogP contribution is 2.26. The molecule has 0 aliphatic heterocycles. The van der Waals surface area contributed by atoms with Crippen LogP contribution in [0, 0.1) is 10.8 Å². The molecule has 1 N–H and O–H groups in total. The van der Waals surface area contributed by atoms with Crippen molar-refractivity contribution in [3.63, 3.8) is 0 Å². The normalized spacial score (nSPS) is 12.1. The molecule has 5 heteroatoms. The summed E-state index contributed by atoms with van der Waals surface area (Å²) in [6.45, 7) is 7.32. The Balaban J connectivity index is 3.89. The maximum absolute atomic E-state index is 12.0. The van der Waals surface area contributed by atoms with E-state index in [2.05, 4.69) is 0 Å². The van der Waals surface area contributed by atoms with Crippen LogP contribution in [0.2, 0.25) is 0 Å². The molecule has 5 nitrogen and oxygen atoms in total. The topological polar surface area (TPSA) is 74.7 Å². The van der Waals surface area contributed by atoms with E-state index < -0.39 is 11.4 Å². The zero-order valence-corrected chi connectivity index (χ0v) is 16.3. The van der Waals surface area contributed by atoms with Gasteiger partial charge in [-0.15, -0.1) is 0 Å². The van der Waals surface area contributed by atoms with Crippen molar-refractivity contribution in [1.29, 1.82) is 0 Å². The number of aliphatic carboxylic acids is 1. The molecule has 0 bridgehead atoms. The third-order valence-electron chi connectivity index (χ3n) is 4.58. The number of carboxylic acids is 1. The number of carbonyl (C=O) groups is 3. The number of carboxylic acid groups (broad SMARTS) is 1. The Morgan fingerprint density at radius 3 is 1.58 bits per heavy atom. The average Bonchev–Trinajstić information content (AvgIpc) is 2.47. The van der Waals surface area contributed by atoms with Crippen molar-refractivity contribution in [2.45, 2.75) is 79.1 Å². The molecule has 24 heavy (non-hydrogen) atoms. The largest absolute Gasteiger partial charge is 0.481 e. The van der Waals surface area contributed by atoms with Gasteiger partial charge in [-0.05, 0) is 39.5 Å². The van der Waals surface area contributed by atoms with Crippen LogP contribution in [-0.4, -0.2) is 41.8 Å². The fourth-order valence-electron chi connectivity index (χ4n) is 2.72. The van der Waals surface area contributed by atoms with Crippen molar-refractivity contribution in [3.05, 3.63) is 0 Å². The van der Waals surface area contributed by atoms with Gasteiger partial charge >= 0.3 is 5.97 Å². The summed E-state index contributed by atoms with van der Waals surface area (Å²) >= 11 is 0. The third kappa shape index (κ3) is 8.46. The van der Waals surface area contributed by atoms with Crippen LogP contribution < -0.4 is 0 Å². The van der Waals surface area contributed by atoms with Crippen molar-refractivity contribution in [2.24, 2.45) is 10.8 Å². The number of unbranched alkanes of at least 4 members (excludes halogenated alkanes) is 2.